The van der Waals surface area contributed by atoms with Gasteiger partial charge in [0.05, 0.1) is 0 Å². The van der Waals surface area contributed by atoms with E-state index in [1.807, 2.05) is 4.90 Å². The summed E-state index contributed by atoms with van der Waals surface area (Å²) in [6.45, 7) is 6.70. The Kier molecular flexibility index (Phi) is 7.69. The summed E-state index contributed by atoms with van der Waals surface area (Å²) in [4.78, 5) is 28.5. The minimum Gasteiger partial charge on any atom is -0.339 e. The number of rotatable bonds is 6. The Morgan fingerprint density at radius 1 is 1.00 bits per heavy atom. The van der Waals surface area contributed by atoms with Crippen LogP contribution in [0, 0.1) is 17.7 Å². The van der Waals surface area contributed by atoms with Gasteiger partial charge in [-0.25, -0.2) is 12.8 Å². The van der Waals surface area contributed by atoms with Crippen molar-refractivity contribution in [1.82, 2.24) is 14.1 Å². The lowest BCUT2D eigenvalue weighted by atomic mass is 9.96. The van der Waals surface area contributed by atoms with Crippen LogP contribution in [0.5, 0.6) is 0 Å². The third kappa shape index (κ3) is 5.63. The SMILES string of the molecule is CC(C)CCC(=O)N1CCN(C(=O)C2CCN(S(=O)(=O)c3ccccc3F)CC2)CC1. The van der Waals surface area contributed by atoms with Crippen molar-refractivity contribution < 1.29 is 22.4 Å². The largest absolute Gasteiger partial charge is 0.339 e. The number of carbonyl (C=O) groups excluding carboxylic acids is 2. The number of carbonyl (C=O) groups is 2. The molecule has 2 amide bonds. The van der Waals surface area contributed by atoms with Crippen LogP contribution >= 0.6 is 0 Å². The van der Waals surface area contributed by atoms with Crippen molar-refractivity contribution in [3.8, 4) is 0 Å². The summed E-state index contributed by atoms with van der Waals surface area (Å²) in [5, 5.41) is 0. The zero-order chi connectivity index (χ0) is 22.6. The van der Waals surface area contributed by atoms with Crippen molar-refractivity contribution in [2.75, 3.05) is 39.3 Å². The number of sulfonamides is 1. The van der Waals surface area contributed by atoms with E-state index in [2.05, 4.69) is 13.8 Å². The first-order valence-corrected chi connectivity index (χ1v) is 12.5. The lowest BCUT2D eigenvalue weighted by Gasteiger charge is -2.38. The van der Waals surface area contributed by atoms with E-state index < -0.39 is 15.8 Å². The Morgan fingerprint density at radius 3 is 2.16 bits per heavy atom. The molecule has 0 bridgehead atoms. The smallest absolute Gasteiger partial charge is 0.245 e. The van der Waals surface area contributed by atoms with Crippen LogP contribution in [0.25, 0.3) is 0 Å². The molecule has 1 aromatic carbocycles. The highest BCUT2D eigenvalue weighted by Crippen LogP contribution is 2.26. The molecule has 2 aliphatic heterocycles. The van der Waals surface area contributed by atoms with Crippen molar-refractivity contribution in [2.24, 2.45) is 11.8 Å². The molecule has 0 N–H and O–H groups in total. The average Bonchev–Trinajstić information content (AvgIpc) is 2.77. The summed E-state index contributed by atoms with van der Waals surface area (Å²) in [6.07, 6.45) is 2.24. The van der Waals surface area contributed by atoms with Gasteiger partial charge >= 0.3 is 0 Å². The van der Waals surface area contributed by atoms with Crippen LogP contribution in [0.3, 0.4) is 0 Å². The summed E-state index contributed by atoms with van der Waals surface area (Å²) in [6, 6.07) is 5.36. The number of hydrogen-bond acceptors (Lipinski definition) is 4. The fraction of sp³-hybridized carbons (Fsp3) is 0.636. The zero-order valence-corrected chi connectivity index (χ0v) is 19.1. The molecule has 7 nitrogen and oxygen atoms in total. The van der Waals surface area contributed by atoms with Gasteiger partial charge in [-0.1, -0.05) is 26.0 Å². The lowest BCUT2D eigenvalue weighted by molar-refractivity contribution is -0.143. The highest BCUT2D eigenvalue weighted by atomic mass is 32.2. The predicted octanol–water partition coefficient (Wildman–Crippen LogP) is 2.33. The maximum absolute atomic E-state index is 14.0. The molecule has 0 atom stereocenters. The van der Waals surface area contributed by atoms with Gasteiger partial charge in [-0.05, 0) is 37.3 Å². The van der Waals surface area contributed by atoms with Gasteiger partial charge in [-0.15, -0.1) is 0 Å². The Bertz CT molecular complexity index is 890. The summed E-state index contributed by atoms with van der Waals surface area (Å²) in [5.74, 6) is -0.346. The standard InChI is InChI=1S/C22H32FN3O4S/c1-17(2)7-8-21(27)24-13-15-25(16-14-24)22(28)18-9-11-26(12-10-18)31(29,30)20-6-4-3-5-19(20)23/h3-6,17-18H,7-16H2,1-2H3. The van der Waals surface area contributed by atoms with Crippen molar-refractivity contribution in [3.05, 3.63) is 30.1 Å². The van der Waals surface area contributed by atoms with E-state index in [9.17, 15) is 22.4 Å². The Hall–Kier alpha value is -2.00. The predicted molar refractivity (Wildman–Crippen MR) is 115 cm³/mol. The van der Waals surface area contributed by atoms with Gasteiger partial charge in [0.1, 0.15) is 10.7 Å². The zero-order valence-electron chi connectivity index (χ0n) is 18.3. The summed E-state index contributed by atoms with van der Waals surface area (Å²) < 4.78 is 40.7. The number of benzene rings is 1. The molecule has 1 aromatic rings. The molecule has 3 rings (SSSR count). The van der Waals surface area contributed by atoms with Gasteiger partial charge in [-0.2, -0.15) is 4.31 Å². The molecule has 0 aliphatic carbocycles. The number of piperidine rings is 1. The molecular weight excluding hydrogens is 421 g/mol. The highest BCUT2D eigenvalue weighted by Gasteiger charge is 2.35. The maximum Gasteiger partial charge on any atom is 0.245 e. The Morgan fingerprint density at radius 2 is 1.58 bits per heavy atom. The van der Waals surface area contributed by atoms with Crippen molar-refractivity contribution in [1.29, 1.82) is 0 Å². The molecular formula is C22H32FN3O4S. The fourth-order valence-corrected chi connectivity index (χ4v) is 5.68. The van der Waals surface area contributed by atoms with Gasteiger partial charge in [0.2, 0.25) is 21.8 Å². The quantitative estimate of drug-likeness (QED) is 0.662. The topological polar surface area (TPSA) is 78.0 Å². The normalized spacial score (nSPS) is 19.1. The van der Waals surface area contributed by atoms with Crippen LogP contribution in [0.4, 0.5) is 4.39 Å². The van der Waals surface area contributed by atoms with Gasteiger partial charge < -0.3 is 9.80 Å². The lowest BCUT2D eigenvalue weighted by Crippen LogP contribution is -2.53. The van der Waals surface area contributed by atoms with Crippen molar-refractivity contribution in [2.45, 2.75) is 44.4 Å². The highest BCUT2D eigenvalue weighted by molar-refractivity contribution is 7.89. The molecule has 9 heteroatoms. The second-order valence-electron chi connectivity index (χ2n) is 8.75. The maximum atomic E-state index is 14.0. The molecule has 2 saturated heterocycles. The molecule has 31 heavy (non-hydrogen) atoms. The molecule has 2 fully saturated rings. The van der Waals surface area contributed by atoms with Gasteiger partial charge in [0.15, 0.2) is 0 Å². The van der Waals surface area contributed by atoms with Gasteiger partial charge in [0, 0.05) is 51.6 Å². The minimum absolute atomic E-state index is 0.0252. The second-order valence-corrected chi connectivity index (χ2v) is 10.7. The van der Waals surface area contributed by atoms with E-state index in [1.165, 1.54) is 22.5 Å². The third-order valence-electron chi connectivity index (χ3n) is 6.14. The van der Waals surface area contributed by atoms with E-state index in [0.29, 0.717) is 51.4 Å². The van der Waals surface area contributed by atoms with Gasteiger partial charge in [-0.3, -0.25) is 9.59 Å². The molecule has 2 aliphatic rings. The summed E-state index contributed by atoms with van der Waals surface area (Å²) in [7, 11) is -3.91. The molecule has 0 spiro atoms. The molecule has 0 radical (unpaired) electrons. The first-order valence-electron chi connectivity index (χ1n) is 11.0. The summed E-state index contributed by atoms with van der Waals surface area (Å²) >= 11 is 0. The van der Waals surface area contributed by atoms with E-state index in [1.54, 1.807) is 4.90 Å². The van der Waals surface area contributed by atoms with E-state index in [-0.39, 0.29) is 35.7 Å². The van der Waals surface area contributed by atoms with E-state index in [4.69, 9.17) is 0 Å². The number of halogens is 1. The van der Waals surface area contributed by atoms with E-state index in [0.717, 1.165) is 12.5 Å². The van der Waals surface area contributed by atoms with Crippen LogP contribution in [0.15, 0.2) is 29.2 Å². The monoisotopic (exact) mass is 453 g/mol. The number of amides is 2. The van der Waals surface area contributed by atoms with Crippen LogP contribution in [-0.2, 0) is 19.6 Å². The Labute approximate surface area is 184 Å². The fourth-order valence-electron chi connectivity index (χ4n) is 4.14. The van der Waals surface area contributed by atoms with Crippen molar-refractivity contribution in [3.63, 3.8) is 0 Å². The second kappa shape index (κ2) is 10.1. The summed E-state index contributed by atoms with van der Waals surface area (Å²) in [5.41, 5.74) is 0. The Balaban J connectivity index is 1.50. The molecule has 0 aromatic heterocycles. The van der Waals surface area contributed by atoms with Crippen LogP contribution in [0.1, 0.15) is 39.5 Å². The third-order valence-corrected chi connectivity index (χ3v) is 8.07. The first-order chi connectivity index (χ1) is 14.7. The minimum atomic E-state index is -3.91. The van der Waals surface area contributed by atoms with E-state index >= 15 is 0 Å². The van der Waals surface area contributed by atoms with Gasteiger partial charge in [0.25, 0.3) is 0 Å². The van der Waals surface area contributed by atoms with Crippen molar-refractivity contribution >= 4 is 21.8 Å². The molecule has 2 heterocycles. The molecule has 172 valence electrons. The number of nitrogens with zero attached hydrogens (tertiary/aromatic N) is 3. The number of hydrogen-bond donors (Lipinski definition) is 0. The van der Waals surface area contributed by atoms with Crippen LogP contribution in [-0.4, -0.2) is 73.6 Å². The molecule has 0 saturated carbocycles. The number of piperazine rings is 1. The van der Waals surface area contributed by atoms with Crippen LogP contribution < -0.4 is 0 Å². The average molecular weight is 454 g/mol. The first kappa shape index (κ1) is 23.7. The van der Waals surface area contributed by atoms with Crippen LogP contribution in [0.2, 0.25) is 0 Å². The molecule has 0 unspecified atom stereocenters.